The molecule has 3 rings (SSSR count). The first-order valence-electron chi connectivity index (χ1n) is 8.31. The lowest BCUT2D eigenvalue weighted by Gasteiger charge is -2.32. The maximum absolute atomic E-state index is 13.2. The van der Waals surface area contributed by atoms with Gasteiger partial charge in [-0.2, -0.15) is 23.3 Å². The number of hydrogen-bond donors (Lipinski definition) is 2. The smallest absolute Gasteiger partial charge is 0.363 e. The van der Waals surface area contributed by atoms with E-state index in [0.29, 0.717) is 6.42 Å². The summed E-state index contributed by atoms with van der Waals surface area (Å²) in [5.41, 5.74) is -0.274. The van der Waals surface area contributed by atoms with Crippen LogP contribution < -0.4 is 15.5 Å². The largest absolute Gasteiger partial charge is 0.433 e. The first-order valence-corrected chi connectivity index (χ1v) is 8.31. The number of aryl methyl sites for hydroxylation is 1. The van der Waals surface area contributed by atoms with Crippen molar-refractivity contribution in [2.45, 2.75) is 31.1 Å². The lowest BCUT2D eigenvalue weighted by Crippen LogP contribution is -2.45. The summed E-state index contributed by atoms with van der Waals surface area (Å²) in [6.07, 6.45) is -0.531. The zero-order valence-corrected chi connectivity index (χ0v) is 15.1. The molecule has 0 aromatic carbocycles. The number of carbonyl (C=O) groups excluding carboxylic acids is 1. The highest BCUT2D eigenvalue weighted by Crippen LogP contribution is 2.31. The zero-order valence-electron chi connectivity index (χ0n) is 15.1. The van der Waals surface area contributed by atoms with Crippen LogP contribution in [-0.2, 0) is 18.0 Å². The molecular formula is C16H20F3N7O. The van der Waals surface area contributed by atoms with Gasteiger partial charge in [0.2, 0.25) is 11.9 Å². The Morgan fingerprint density at radius 2 is 2.07 bits per heavy atom. The van der Waals surface area contributed by atoms with Crippen LogP contribution in [0.4, 0.5) is 24.9 Å². The number of amides is 1. The molecule has 1 aliphatic rings. The number of hydrogen-bond acceptors (Lipinski definition) is 6. The van der Waals surface area contributed by atoms with Crippen molar-refractivity contribution >= 4 is 17.7 Å². The average Bonchev–Trinajstić information content (AvgIpc) is 3.01. The fourth-order valence-electron chi connectivity index (χ4n) is 2.91. The Morgan fingerprint density at radius 3 is 2.67 bits per heavy atom. The number of rotatable bonds is 4. The normalized spacial score (nSPS) is 20.3. The van der Waals surface area contributed by atoms with E-state index in [-0.39, 0.29) is 30.1 Å². The second-order valence-electron chi connectivity index (χ2n) is 6.61. The summed E-state index contributed by atoms with van der Waals surface area (Å²) in [5.74, 6) is -0.123. The Kier molecular flexibility index (Phi) is 4.94. The predicted molar refractivity (Wildman–Crippen MR) is 92.1 cm³/mol. The summed E-state index contributed by atoms with van der Waals surface area (Å²) in [6.45, 7) is 0. The molecule has 2 aromatic heterocycles. The molecule has 0 bridgehead atoms. The first-order chi connectivity index (χ1) is 12.6. The van der Waals surface area contributed by atoms with Crippen molar-refractivity contribution in [1.82, 2.24) is 25.1 Å². The van der Waals surface area contributed by atoms with Crippen LogP contribution in [0.15, 0.2) is 18.5 Å². The SMILES string of the molecule is CN(C)c1cc(C(F)(F)F)nc(N[C@@H]2CCC(=O)N[C@H]2c2cnn(C)c2)n1. The Balaban J connectivity index is 1.92. The third kappa shape index (κ3) is 4.29. The molecule has 1 fully saturated rings. The van der Waals surface area contributed by atoms with E-state index in [2.05, 4.69) is 25.7 Å². The van der Waals surface area contributed by atoms with Crippen LogP contribution in [0.2, 0.25) is 0 Å². The molecule has 2 aromatic rings. The number of alkyl halides is 3. The summed E-state index contributed by atoms with van der Waals surface area (Å²) < 4.78 is 41.1. The third-order valence-corrected chi connectivity index (χ3v) is 4.26. The molecule has 0 unspecified atom stereocenters. The zero-order chi connectivity index (χ0) is 19.8. The van der Waals surface area contributed by atoms with Gasteiger partial charge in [0, 0.05) is 45.4 Å². The monoisotopic (exact) mass is 383 g/mol. The molecule has 27 heavy (non-hydrogen) atoms. The molecule has 8 nitrogen and oxygen atoms in total. The second-order valence-corrected chi connectivity index (χ2v) is 6.61. The van der Waals surface area contributed by atoms with Crippen molar-refractivity contribution in [1.29, 1.82) is 0 Å². The highest BCUT2D eigenvalue weighted by molar-refractivity contribution is 5.77. The molecule has 0 spiro atoms. The summed E-state index contributed by atoms with van der Waals surface area (Å²) in [5, 5.41) is 9.91. The van der Waals surface area contributed by atoms with E-state index in [4.69, 9.17) is 0 Å². The van der Waals surface area contributed by atoms with E-state index in [1.54, 1.807) is 38.2 Å². The number of piperidine rings is 1. The van der Waals surface area contributed by atoms with E-state index >= 15 is 0 Å². The van der Waals surface area contributed by atoms with E-state index in [9.17, 15) is 18.0 Å². The third-order valence-electron chi connectivity index (χ3n) is 4.26. The lowest BCUT2D eigenvalue weighted by molar-refractivity contribution is -0.141. The van der Waals surface area contributed by atoms with Crippen molar-refractivity contribution in [2.75, 3.05) is 24.3 Å². The summed E-state index contributed by atoms with van der Waals surface area (Å²) in [6, 6.07) is 0.0816. The highest BCUT2D eigenvalue weighted by Gasteiger charge is 2.35. The minimum absolute atomic E-state index is 0.124. The van der Waals surface area contributed by atoms with Crippen molar-refractivity contribution in [3.8, 4) is 0 Å². The van der Waals surface area contributed by atoms with Gasteiger partial charge in [-0.05, 0) is 6.42 Å². The maximum atomic E-state index is 13.2. The van der Waals surface area contributed by atoms with Crippen LogP contribution >= 0.6 is 0 Å². The quantitative estimate of drug-likeness (QED) is 0.836. The summed E-state index contributed by atoms with van der Waals surface area (Å²) in [7, 11) is 4.95. The molecule has 0 radical (unpaired) electrons. The van der Waals surface area contributed by atoms with Gasteiger partial charge in [-0.1, -0.05) is 0 Å². The number of aromatic nitrogens is 4. The fraction of sp³-hybridized carbons (Fsp3) is 0.500. The van der Waals surface area contributed by atoms with Crippen LogP contribution in [0, 0.1) is 0 Å². The van der Waals surface area contributed by atoms with Crippen LogP contribution in [0.1, 0.15) is 30.1 Å². The second kappa shape index (κ2) is 7.05. The molecule has 11 heteroatoms. The van der Waals surface area contributed by atoms with Crippen molar-refractivity contribution in [2.24, 2.45) is 7.05 Å². The van der Waals surface area contributed by atoms with Gasteiger partial charge in [0.25, 0.3) is 0 Å². The Bertz CT molecular complexity index is 834. The molecule has 146 valence electrons. The van der Waals surface area contributed by atoms with Crippen LogP contribution in [0.3, 0.4) is 0 Å². The molecule has 0 saturated carbocycles. The average molecular weight is 383 g/mol. The fourth-order valence-corrected chi connectivity index (χ4v) is 2.91. The van der Waals surface area contributed by atoms with E-state index < -0.39 is 17.9 Å². The van der Waals surface area contributed by atoms with Gasteiger partial charge < -0.3 is 15.5 Å². The topological polar surface area (TPSA) is 88.0 Å². The van der Waals surface area contributed by atoms with E-state index in [0.717, 1.165) is 11.6 Å². The van der Waals surface area contributed by atoms with E-state index in [1.165, 1.54) is 4.90 Å². The lowest BCUT2D eigenvalue weighted by atomic mass is 9.94. The molecule has 2 atom stereocenters. The van der Waals surface area contributed by atoms with Crippen LogP contribution in [0.5, 0.6) is 0 Å². The standard InChI is InChI=1S/C16H20F3N7O/c1-25(2)12-6-11(16(17,18)19)22-15(23-12)21-10-4-5-13(27)24-14(10)9-7-20-26(3)8-9/h6-8,10,14H,4-5H2,1-3H3,(H,24,27)(H,21,22,23)/t10-,14+/m1/s1. The van der Waals surface area contributed by atoms with Crippen molar-refractivity contribution < 1.29 is 18.0 Å². The Hall–Kier alpha value is -2.85. The number of halogens is 3. The van der Waals surface area contributed by atoms with Gasteiger partial charge in [0.05, 0.1) is 18.3 Å². The Labute approximate surface area is 153 Å². The molecule has 1 saturated heterocycles. The molecule has 0 aliphatic carbocycles. The summed E-state index contributed by atoms with van der Waals surface area (Å²) in [4.78, 5) is 21.1. The van der Waals surface area contributed by atoms with Gasteiger partial charge in [-0.3, -0.25) is 9.48 Å². The van der Waals surface area contributed by atoms with Crippen LogP contribution in [-0.4, -0.2) is 45.8 Å². The van der Waals surface area contributed by atoms with Crippen molar-refractivity contribution in [3.63, 3.8) is 0 Å². The van der Waals surface area contributed by atoms with Crippen LogP contribution in [0.25, 0.3) is 0 Å². The number of nitrogens with zero attached hydrogens (tertiary/aromatic N) is 5. The van der Waals surface area contributed by atoms with Gasteiger partial charge in [0.15, 0.2) is 5.69 Å². The number of anilines is 2. The minimum Gasteiger partial charge on any atom is -0.363 e. The molecule has 1 amide bonds. The number of carbonyl (C=O) groups is 1. The number of nitrogens with one attached hydrogen (secondary N) is 2. The molecule has 3 heterocycles. The van der Waals surface area contributed by atoms with Gasteiger partial charge in [-0.25, -0.2) is 4.98 Å². The molecule has 2 N–H and O–H groups in total. The molecule has 1 aliphatic heterocycles. The predicted octanol–water partition coefficient (Wildman–Crippen LogP) is 1.73. The maximum Gasteiger partial charge on any atom is 0.433 e. The Morgan fingerprint density at radius 1 is 1.33 bits per heavy atom. The highest BCUT2D eigenvalue weighted by atomic mass is 19.4. The van der Waals surface area contributed by atoms with Gasteiger partial charge >= 0.3 is 6.18 Å². The van der Waals surface area contributed by atoms with Gasteiger partial charge in [0.1, 0.15) is 5.82 Å². The van der Waals surface area contributed by atoms with Crippen molar-refractivity contribution in [3.05, 3.63) is 29.7 Å². The first kappa shape index (κ1) is 18.9. The molecular weight excluding hydrogens is 363 g/mol. The van der Waals surface area contributed by atoms with Gasteiger partial charge in [-0.15, -0.1) is 0 Å². The van der Waals surface area contributed by atoms with E-state index in [1.807, 2.05) is 0 Å². The minimum atomic E-state index is -4.59. The summed E-state index contributed by atoms with van der Waals surface area (Å²) >= 11 is 0.